The number of carbonyl (C=O) groups excluding carboxylic acids is 1. The van der Waals surface area contributed by atoms with Gasteiger partial charge in [0, 0.05) is 28.2 Å². The van der Waals surface area contributed by atoms with Gasteiger partial charge in [0.25, 0.3) is 0 Å². The van der Waals surface area contributed by atoms with Crippen LogP contribution < -0.4 is 14.2 Å². The van der Waals surface area contributed by atoms with E-state index in [-0.39, 0.29) is 13.2 Å². The van der Waals surface area contributed by atoms with E-state index in [0.29, 0.717) is 35.2 Å². The number of carbonyl (C=O) groups is 1. The zero-order valence-corrected chi connectivity index (χ0v) is 20.9. The first-order chi connectivity index (χ1) is 18.0. The quantitative estimate of drug-likeness (QED) is 0.325. The molecule has 2 unspecified atom stereocenters. The number of ether oxygens (including phenoxy) is 3. The normalized spacial score (nSPS) is 15.8. The third kappa shape index (κ3) is 5.22. The maximum atomic E-state index is 13.4. The topological polar surface area (TPSA) is 104 Å². The molecule has 0 aliphatic carbocycles. The molecule has 0 saturated heterocycles. The van der Waals surface area contributed by atoms with Crippen molar-refractivity contribution in [2.24, 2.45) is 0 Å². The molecule has 1 aliphatic heterocycles. The number of hydrogen-bond donors (Lipinski definition) is 3. The minimum absolute atomic E-state index is 0.0213. The van der Waals surface area contributed by atoms with E-state index >= 15 is 0 Å². The molecule has 4 aromatic rings. The molecule has 3 N–H and O–H groups in total. The number of fused-ring (bicyclic) bond motifs is 3. The summed E-state index contributed by atoms with van der Waals surface area (Å²) in [5.74, 6) is 1.64. The molecule has 37 heavy (non-hydrogen) atoms. The summed E-state index contributed by atoms with van der Waals surface area (Å²) in [6, 6.07) is 19.5. The average Bonchev–Trinajstić information content (AvgIpc) is 3.29. The standard InChI is InChI=1S/C28H27ClN2O6/c1-35-20-7-9-22(10-8-20)37-28(34)31-13-12-23-24-14-18(29)4-11-25(24)30-26(23)27(31)17-2-5-21(6-3-17)36-16-19(33)15-32/h2-11,14,19,27,30,32-33H,12-13,15-16H2,1H3. The smallest absolute Gasteiger partial charge is 0.416 e. The number of hydrogen-bond acceptors (Lipinski definition) is 6. The highest BCUT2D eigenvalue weighted by Gasteiger charge is 2.35. The van der Waals surface area contributed by atoms with Crippen molar-refractivity contribution in [2.75, 3.05) is 26.9 Å². The molecule has 2 heterocycles. The Hall–Kier alpha value is -3.72. The van der Waals surface area contributed by atoms with Crippen molar-refractivity contribution in [3.05, 3.63) is 88.6 Å². The number of benzene rings is 3. The van der Waals surface area contributed by atoms with Gasteiger partial charge in [-0.25, -0.2) is 4.79 Å². The van der Waals surface area contributed by atoms with Crippen molar-refractivity contribution in [3.63, 3.8) is 0 Å². The monoisotopic (exact) mass is 522 g/mol. The van der Waals surface area contributed by atoms with Crippen molar-refractivity contribution in [1.29, 1.82) is 0 Å². The maximum Gasteiger partial charge on any atom is 0.416 e. The minimum atomic E-state index is -0.957. The SMILES string of the molecule is COc1ccc(OC(=O)N2CCc3c([nH]c4ccc(Cl)cc34)C2c2ccc(OCC(O)CO)cc2)cc1. The van der Waals surface area contributed by atoms with Crippen LogP contribution in [0.15, 0.2) is 66.7 Å². The molecular formula is C28H27ClN2O6. The van der Waals surface area contributed by atoms with E-state index < -0.39 is 18.2 Å². The number of methoxy groups -OCH3 is 1. The molecule has 0 radical (unpaired) electrons. The van der Waals surface area contributed by atoms with E-state index in [9.17, 15) is 9.90 Å². The largest absolute Gasteiger partial charge is 0.497 e. The Kier molecular flexibility index (Phi) is 7.23. The second-order valence-electron chi connectivity index (χ2n) is 8.81. The third-order valence-electron chi connectivity index (χ3n) is 6.44. The van der Waals surface area contributed by atoms with Gasteiger partial charge in [-0.3, -0.25) is 4.90 Å². The van der Waals surface area contributed by atoms with Gasteiger partial charge in [-0.2, -0.15) is 0 Å². The van der Waals surface area contributed by atoms with Crippen LogP contribution in [-0.2, 0) is 6.42 Å². The molecule has 0 fully saturated rings. The van der Waals surface area contributed by atoms with Crippen LogP contribution in [0.4, 0.5) is 4.79 Å². The number of aliphatic hydroxyl groups is 2. The fourth-order valence-corrected chi connectivity index (χ4v) is 4.77. The number of aromatic amines is 1. The predicted molar refractivity (Wildman–Crippen MR) is 140 cm³/mol. The van der Waals surface area contributed by atoms with Crippen LogP contribution in [0.3, 0.4) is 0 Å². The highest BCUT2D eigenvalue weighted by Crippen LogP contribution is 2.40. The summed E-state index contributed by atoms with van der Waals surface area (Å²) >= 11 is 6.29. The van der Waals surface area contributed by atoms with E-state index in [1.54, 1.807) is 48.4 Å². The number of H-pyrrole nitrogens is 1. The summed E-state index contributed by atoms with van der Waals surface area (Å²) in [5, 5.41) is 20.3. The van der Waals surface area contributed by atoms with Gasteiger partial charge in [0.05, 0.1) is 13.7 Å². The summed E-state index contributed by atoms with van der Waals surface area (Å²) in [5.41, 5.74) is 3.82. The van der Waals surface area contributed by atoms with Gasteiger partial charge in [-0.15, -0.1) is 0 Å². The average molecular weight is 523 g/mol. The van der Waals surface area contributed by atoms with Crippen molar-refractivity contribution >= 4 is 28.6 Å². The zero-order valence-electron chi connectivity index (χ0n) is 20.2. The van der Waals surface area contributed by atoms with Gasteiger partial charge in [-0.1, -0.05) is 23.7 Å². The molecule has 1 aliphatic rings. The summed E-state index contributed by atoms with van der Waals surface area (Å²) in [6.07, 6.45) is -0.782. The molecule has 0 spiro atoms. The first kappa shape index (κ1) is 25.0. The number of aromatic nitrogens is 1. The number of nitrogens with one attached hydrogen (secondary N) is 1. The summed E-state index contributed by atoms with van der Waals surface area (Å²) < 4.78 is 16.5. The molecule has 1 amide bonds. The van der Waals surface area contributed by atoms with Crippen molar-refractivity contribution < 1.29 is 29.2 Å². The molecule has 1 aromatic heterocycles. The van der Waals surface area contributed by atoms with Crippen LogP contribution in [0.2, 0.25) is 5.02 Å². The van der Waals surface area contributed by atoms with Gasteiger partial charge in [-0.05, 0) is 72.1 Å². The lowest BCUT2D eigenvalue weighted by Gasteiger charge is -2.35. The van der Waals surface area contributed by atoms with Crippen LogP contribution >= 0.6 is 11.6 Å². The molecule has 192 valence electrons. The Labute approximate surface area is 219 Å². The molecule has 8 nitrogen and oxygen atoms in total. The Morgan fingerprint density at radius 3 is 2.49 bits per heavy atom. The number of aliphatic hydroxyl groups excluding tert-OH is 2. The van der Waals surface area contributed by atoms with E-state index in [0.717, 1.165) is 27.7 Å². The first-order valence-corrected chi connectivity index (χ1v) is 12.3. The van der Waals surface area contributed by atoms with E-state index in [4.69, 9.17) is 30.9 Å². The number of rotatable bonds is 7. The van der Waals surface area contributed by atoms with Gasteiger partial charge in [0.2, 0.25) is 0 Å². The fourth-order valence-electron chi connectivity index (χ4n) is 4.60. The van der Waals surface area contributed by atoms with Crippen LogP contribution in [-0.4, -0.2) is 59.2 Å². The highest BCUT2D eigenvalue weighted by molar-refractivity contribution is 6.31. The summed E-state index contributed by atoms with van der Waals surface area (Å²) in [7, 11) is 1.58. The van der Waals surface area contributed by atoms with Crippen LogP contribution in [0, 0.1) is 0 Å². The Bertz CT molecular complexity index is 1390. The Morgan fingerprint density at radius 1 is 1.08 bits per heavy atom. The van der Waals surface area contributed by atoms with Gasteiger partial charge in [0.15, 0.2) is 0 Å². The lowest BCUT2D eigenvalue weighted by atomic mass is 9.92. The minimum Gasteiger partial charge on any atom is -0.497 e. The van der Waals surface area contributed by atoms with Crippen molar-refractivity contribution in [3.8, 4) is 17.2 Å². The highest BCUT2D eigenvalue weighted by atomic mass is 35.5. The summed E-state index contributed by atoms with van der Waals surface area (Å²) in [6.45, 7) is 0.0537. The van der Waals surface area contributed by atoms with Gasteiger partial charge < -0.3 is 29.4 Å². The van der Waals surface area contributed by atoms with Crippen molar-refractivity contribution in [1.82, 2.24) is 9.88 Å². The van der Waals surface area contributed by atoms with Gasteiger partial charge in [0.1, 0.15) is 36.0 Å². The van der Waals surface area contributed by atoms with Crippen LogP contribution in [0.5, 0.6) is 17.2 Å². The maximum absolute atomic E-state index is 13.4. The van der Waals surface area contributed by atoms with E-state index in [2.05, 4.69) is 4.98 Å². The summed E-state index contributed by atoms with van der Waals surface area (Å²) in [4.78, 5) is 18.6. The lowest BCUT2D eigenvalue weighted by Crippen LogP contribution is -2.42. The second-order valence-corrected chi connectivity index (χ2v) is 9.25. The molecular weight excluding hydrogens is 496 g/mol. The van der Waals surface area contributed by atoms with Crippen LogP contribution in [0.1, 0.15) is 22.9 Å². The number of amides is 1. The Balaban J connectivity index is 1.48. The zero-order chi connectivity index (χ0) is 25.9. The molecule has 0 saturated carbocycles. The molecule has 2 atom stereocenters. The predicted octanol–water partition coefficient (Wildman–Crippen LogP) is 4.71. The van der Waals surface area contributed by atoms with Crippen molar-refractivity contribution in [2.45, 2.75) is 18.6 Å². The fraction of sp³-hybridized carbons (Fsp3) is 0.250. The third-order valence-corrected chi connectivity index (χ3v) is 6.67. The van der Waals surface area contributed by atoms with E-state index in [1.165, 1.54) is 0 Å². The molecule has 5 rings (SSSR count). The number of nitrogens with zero attached hydrogens (tertiary/aromatic N) is 1. The number of halogens is 1. The molecule has 9 heteroatoms. The first-order valence-electron chi connectivity index (χ1n) is 11.9. The molecule has 0 bridgehead atoms. The van der Waals surface area contributed by atoms with Crippen LogP contribution in [0.25, 0.3) is 10.9 Å². The second kappa shape index (κ2) is 10.7. The van der Waals surface area contributed by atoms with E-state index in [1.807, 2.05) is 30.3 Å². The lowest BCUT2D eigenvalue weighted by molar-refractivity contribution is 0.0536. The van der Waals surface area contributed by atoms with Gasteiger partial charge >= 0.3 is 6.09 Å². The molecule has 3 aromatic carbocycles. The Morgan fingerprint density at radius 2 is 1.78 bits per heavy atom.